The van der Waals surface area contributed by atoms with Gasteiger partial charge in [0.2, 0.25) is 0 Å². The van der Waals surface area contributed by atoms with Gasteiger partial charge in [-0.05, 0) is 19.1 Å². The molecule has 0 atom stereocenters. The number of aryl methyl sites for hydroxylation is 1. The molecular weight excluding hydrogens is 386 g/mol. The van der Waals surface area contributed by atoms with E-state index in [1.165, 1.54) is 16.9 Å². The Bertz CT molecular complexity index is 1100. The van der Waals surface area contributed by atoms with Crippen LogP contribution in [0.25, 0.3) is 16.8 Å². The van der Waals surface area contributed by atoms with Gasteiger partial charge in [0.15, 0.2) is 11.5 Å². The summed E-state index contributed by atoms with van der Waals surface area (Å²) in [7, 11) is 3.15. The maximum absolute atomic E-state index is 10.6. The van der Waals surface area contributed by atoms with Gasteiger partial charge in [-0.15, -0.1) is 11.3 Å². The zero-order chi connectivity index (χ0) is 20.5. The van der Waals surface area contributed by atoms with Crippen molar-refractivity contribution >= 4 is 28.4 Å². The average molecular weight is 407 g/mol. The summed E-state index contributed by atoms with van der Waals surface area (Å²) < 4.78 is 10.6. The van der Waals surface area contributed by atoms with Crippen molar-refractivity contribution in [1.82, 2.24) is 4.98 Å². The van der Waals surface area contributed by atoms with Crippen molar-refractivity contribution in [2.75, 3.05) is 25.7 Å². The van der Waals surface area contributed by atoms with Gasteiger partial charge < -0.3 is 19.5 Å². The van der Waals surface area contributed by atoms with E-state index in [1.54, 1.807) is 31.3 Å². The number of benzene rings is 2. The van der Waals surface area contributed by atoms with Crippen LogP contribution >= 0.6 is 11.3 Å². The van der Waals surface area contributed by atoms with Crippen LogP contribution in [-0.4, -0.2) is 36.7 Å². The summed E-state index contributed by atoms with van der Waals surface area (Å²) in [6.45, 7) is 2.25. The number of amidine groups is 1. The number of aromatic nitrogens is 1. The Morgan fingerprint density at radius 2 is 1.79 bits per heavy atom. The van der Waals surface area contributed by atoms with Gasteiger partial charge in [-0.25, -0.2) is 4.98 Å². The molecule has 0 unspecified atom stereocenters. The fraction of sp³-hybridized carbons (Fsp3) is 0.182. The summed E-state index contributed by atoms with van der Waals surface area (Å²) in [5.74, 6) is 1.53. The Morgan fingerprint density at radius 3 is 2.48 bits per heavy atom. The summed E-state index contributed by atoms with van der Waals surface area (Å²) in [5, 5.41) is 21.8. The first-order chi connectivity index (χ1) is 14.0. The summed E-state index contributed by atoms with van der Waals surface area (Å²) >= 11 is 1.42. The monoisotopic (exact) mass is 407 g/mol. The third kappa shape index (κ3) is 3.45. The number of hydrogen-bond donors (Lipinski definition) is 2. The van der Waals surface area contributed by atoms with Crippen LogP contribution in [0.1, 0.15) is 10.6 Å². The molecule has 0 saturated carbocycles. The minimum atomic E-state index is 0.134. The largest absolute Gasteiger partial charge is 0.510 e. The van der Waals surface area contributed by atoms with E-state index in [1.807, 2.05) is 42.6 Å². The number of nitrogens with one attached hydrogen (secondary N) is 1. The number of rotatable bonds is 5. The van der Waals surface area contributed by atoms with Crippen LogP contribution in [0.2, 0.25) is 0 Å². The summed E-state index contributed by atoms with van der Waals surface area (Å²) in [5.41, 5.74) is 4.24. The highest BCUT2D eigenvalue weighted by Gasteiger charge is 2.31. The lowest BCUT2D eigenvalue weighted by Crippen LogP contribution is -2.26. The molecule has 2 N–H and O–H groups in total. The normalized spacial score (nSPS) is 13.9. The van der Waals surface area contributed by atoms with Crippen molar-refractivity contribution in [3.05, 3.63) is 64.2 Å². The number of aliphatic hydroxyl groups is 1. The highest BCUT2D eigenvalue weighted by Crippen LogP contribution is 2.37. The molecule has 4 rings (SSSR count). The number of methoxy groups -OCH3 is 2. The molecule has 0 aliphatic carbocycles. The molecule has 1 aromatic heterocycles. The molecule has 0 spiro atoms. The maximum Gasteiger partial charge on any atom is 0.162 e. The Hall–Kier alpha value is -3.32. The molecule has 3 aromatic rings. The van der Waals surface area contributed by atoms with E-state index in [0.717, 1.165) is 16.9 Å². The highest BCUT2D eigenvalue weighted by molar-refractivity contribution is 7.11. The number of hydrogen-bond acceptors (Lipinski definition) is 6. The van der Waals surface area contributed by atoms with Crippen LogP contribution in [0.4, 0.5) is 5.69 Å². The fourth-order valence-electron chi connectivity index (χ4n) is 3.26. The predicted octanol–water partition coefficient (Wildman–Crippen LogP) is 4.90. The minimum absolute atomic E-state index is 0.134. The van der Waals surface area contributed by atoms with Gasteiger partial charge in [0.1, 0.15) is 16.6 Å². The molecule has 6 nitrogen and oxygen atoms in total. The van der Waals surface area contributed by atoms with Crippen molar-refractivity contribution < 1.29 is 14.6 Å². The van der Waals surface area contributed by atoms with E-state index in [0.29, 0.717) is 22.1 Å². The van der Waals surface area contributed by atoms with Crippen molar-refractivity contribution in [2.45, 2.75) is 6.92 Å². The molecule has 1 aliphatic heterocycles. The molecular formula is C22H21N3O3S. The lowest BCUT2D eigenvalue weighted by Gasteiger charge is -2.20. The molecule has 2 heterocycles. The first-order valence-electron chi connectivity index (χ1n) is 9.05. The molecule has 1 aliphatic rings. The van der Waals surface area contributed by atoms with Crippen LogP contribution in [0.15, 0.2) is 53.6 Å². The molecule has 0 bridgehead atoms. The highest BCUT2D eigenvalue weighted by atomic mass is 32.1. The van der Waals surface area contributed by atoms with Crippen LogP contribution in [0.5, 0.6) is 11.5 Å². The van der Waals surface area contributed by atoms with Gasteiger partial charge in [-0.3, -0.25) is 5.41 Å². The van der Waals surface area contributed by atoms with Crippen molar-refractivity contribution in [1.29, 1.82) is 5.41 Å². The molecule has 0 saturated heterocycles. The van der Waals surface area contributed by atoms with Crippen molar-refractivity contribution in [3.8, 4) is 22.8 Å². The van der Waals surface area contributed by atoms with E-state index in [4.69, 9.17) is 14.9 Å². The topological polar surface area (TPSA) is 78.7 Å². The zero-order valence-electron chi connectivity index (χ0n) is 16.4. The molecule has 0 fully saturated rings. The first-order valence-corrected chi connectivity index (χ1v) is 9.93. The first kappa shape index (κ1) is 19.0. The molecule has 0 amide bonds. The number of anilines is 1. The number of aliphatic hydroxyl groups excluding tert-OH is 1. The quantitative estimate of drug-likeness (QED) is 0.629. The predicted molar refractivity (Wildman–Crippen MR) is 116 cm³/mol. The van der Waals surface area contributed by atoms with Crippen LogP contribution in [0, 0.1) is 12.3 Å². The van der Waals surface area contributed by atoms with Crippen molar-refractivity contribution in [2.24, 2.45) is 0 Å². The lowest BCUT2D eigenvalue weighted by molar-refractivity contribution is 0.355. The van der Waals surface area contributed by atoms with Crippen LogP contribution < -0.4 is 14.4 Å². The average Bonchev–Trinajstić information content (AvgIpc) is 3.32. The van der Waals surface area contributed by atoms with Gasteiger partial charge in [-0.2, -0.15) is 0 Å². The summed E-state index contributed by atoms with van der Waals surface area (Å²) in [4.78, 5) is 6.39. The zero-order valence-corrected chi connectivity index (χ0v) is 17.2. The Morgan fingerprint density at radius 1 is 1.07 bits per heavy atom. The molecule has 2 aromatic carbocycles. The maximum atomic E-state index is 10.6. The van der Waals surface area contributed by atoms with Gasteiger partial charge in [-0.1, -0.05) is 29.8 Å². The van der Waals surface area contributed by atoms with Crippen LogP contribution in [0.3, 0.4) is 0 Å². The standard InChI is InChI=1S/C22H21N3O3S/c1-13-4-6-14(7-5-13)16-12-29-22(24-16)20-17(26)11-25(21(20)23)15-8-9-18(27-2)19(10-15)28-3/h4-10,12,23,26H,11H2,1-3H3. The smallest absolute Gasteiger partial charge is 0.162 e. The molecule has 29 heavy (non-hydrogen) atoms. The number of ether oxygens (including phenoxy) is 2. The number of thiazole rings is 1. The van der Waals surface area contributed by atoms with E-state index in [9.17, 15) is 5.11 Å². The Kier molecular flexibility index (Phi) is 4.98. The second kappa shape index (κ2) is 7.60. The second-order valence-electron chi connectivity index (χ2n) is 6.70. The Balaban J connectivity index is 1.63. The van der Waals surface area contributed by atoms with Crippen LogP contribution in [-0.2, 0) is 0 Å². The number of nitrogens with zero attached hydrogens (tertiary/aromatic N) is 2. The van der Waals surface area contributed by atoms with Gasteiger partial charge >= 0.3 is 0 Å². The SMILES string of the molecule is COc1ccc(N2CC(O)=C(c3nc(-c4ccc(C)cc4)cs3)C2=N)cc1OC. The fourth-order valence-corrected chi connectivity index (χ4v) is 4.16. The minimum Gasteiger partial charge on any atom is -0.510 e. The molecule has 148 valence electrons. The third-order valence-electron chi connectivity index (χ3n) is 4.85. The van der Waals surface area contributed by atoms with E-state index >= 15 is 0 Å². The Labute approximate surface area is 173 Å². The summed E-state index contributed by atoms with van der Waals surface area (Å²) in [6, 6.07) is 13.6. The lowest BCUT2D eigenvalue weighted by atomic mass is 10.1. The van der Waals surface area contributed by atoms with Gasteiger partial charge in [0.05, 0.1) is 32.0 Å². The van der Waals surface area contributed by atoms with Crippen molar-refractivity contribution in [3.63, 3.8) is 0 Å². The van der Waals surface area contributed by atoms with Gasteiger partial charge in [0, 0.05) is 22.7 Å². The van der Waals surface area contributed by atoms with Gasteiger partial charge in [0.25, 0.3) is 0 Å². The van der Waals surface area contributed by atoms with E-state index in [2.05, 4.69) is 4.98 Å². The van der Waals surface area contributed by atoms with E-state index < -0.39 is 0 Å². The summed E-state index contributed by atoms with van der Waals surface area (Å²) in [6.07, 6.45) is 0. The molecule has 0 radical (unpaired) electrons. The molecule has 7 heteroatoms. The van der Waals surface area contributed by atoms with E-state index in [-0.39, 0.29) is 18.1 Å². The second-order valence-corrected chi connectivity index (χ2v) is 7.56. The third-order valence-corrected chi connectivity index (χ3v) is 5.71.